The number of primary amides is 1. The van der Waals surface area contributed by atoms with Crippen LogP contribution in [0.4, 0.5) is 10.6 Å². The lowest BCUT2D eigenvalue weighted by Gasteiger charge is -2.47. The van der Waals surface area contributed by atoms with E-state index in [1.165, 1.54) is 6.20 Å². The molecule has 9 heteroatoms. The molecule has 0 radical (unpaired) electrons. The topological polar surface area (TPSA) is 123 Å². The fourth-order valence-corrected chi connectivity index (χ4v) is 4.22. The van der Waals surface area contributed by atoms with Crippen LogP contribution in [0.15, 0.2) is 18.3 Å². The van der Waals surface area contributed by atoms with Gasteiger partial charge in [-0.3, -0.25) is 9.69 Å². The number of nitrogens with two attached hydrogens (primary N) is 1. The van der Waals surface area contributed by atoms with E-state index in [0.717, 1.165) is 31.7 Å². The highest BCUT2D eigenvalue weighted by molar-refractivity contribution is 5.92. The van der Waals surface area contributed by atoms with Gasteiger partial charge < -0.3 is 25.7 Å². The summed E-state index contributed by atoms with van der Waals surface area (Å²) in [6, 6.07) is 3.45. The van der Waals surface area contributed by atoms with Crippen LogP contribution in [0, 0.1) is 5.92 Å². The molecule has 154 valence electrons. The van der Waals surface area contributed by atoms with Crippen molar-refractivity contribution in [1.82, 2.24) is 14.8 Å². The standard InChI is InChI=1S/C19H29N5O4/c1-13(12-25)23-8-9-24(19(27)28)16(11-23)14-4-6-22(7-5-14)17-3-2-15(10-21-17)18(20)26/h2-3,10,13-14,16,25H,4-9,11-12H2,1H3,(H2,20,26)(H,27,28)/t13?,16-/m0/s1. The van der Waals surface area contributed by atoms with Crippen LogP contribution in [0.5, 0.6) is 0 Å². The molecule has 0 saturated carbocycles. The first-order valence-corrected chi connectivity index (χ1v) is 9.76. The molecular formula is C19H29N5O4. The van der Waals surface area contributed by atoms with E-state index in [1.54, 1.807) is 17.0 Å². The van der Waals surface area contributed by atoms with Gasteiger partial charge in [0.25, 0.3) is 0 Å². The molecule has 3 heterocycles. The molecule has 2 aliphatic rings. The van der Waals surface area contributed by atoms with Crippen molar-refractivity contribution in [2.24, 2.45) is 11.7 Å². The van der Waals surface area contributed by atoms with E-state index < -0.39 is 12.0 Å². The van der Waals surface area contributed by atoms with Crippen LogP contribution in [0.3, 0.4) is 0 Å². The lowest BCUT2D eigenvalue weighted by molar-refractivity contribution is 0.0122. The number of carbonyl (C=O) groups excluding carboxylic acids is 1. The summed E-state index contributed by atoms with van der Waals surface area (Å²) in [6.45, 7) is 5.40. The maximum Gasteiger partial charge on any atom is 0.407 e. The first-order valence-electron chi connectivity index (χ1n) is 9.76. The molecule has 1 aromatic rings. The molecule has 2 atom stereocenters. The molecule has 0 aromatic carbocycles. The zero-order valence-corrected chi connectivity index (χ0v) is 16.2. The number of carboxylic acid groups (broad SMARTS) is 1. The summed E-state index contributed by atoms with van der Waals surface area (Å²) in [7, 11) is 0. The highest BCUT2D eigenvalue weighted by atomic mass is 16.4. The lowest BCUT2D eigenvalue weighted by atomic mass is 9.86. The number of rotatable bonds is 5. The normalized spacial score (nSPS) is 22.9. The van der Waals surface area contributed by atoms with Gasteiger partial charge in [0.15, 0.2) is 0 Å². The van der Waals surface area contributed by atoms with Crippen molar-refractivity contribution in [3.05, 3.63) is 23.9 Å². The van der Waals surface area contributed by atoms with E-state index in [4.69, 9.17) is 5.73 Å². The van der Waals surface area contributed by atoms with Crippen molar-refractivity contribution < 1.29 is 19.8 Å². The second-order valence-corrected chi connectivity index (χ2v) is 7.66. The molecular weight excluding hydrogens is 362 g/mol. The molecule has 1 aromatic heterocycles. The van der Waals surface area contributed by atoms with Gasteiger partial charge in [0, 0.05) is 45.0 Å². The van der Waals surface area contributed by atoms with E-state index in [2.05, 4.69) is 14.8 Å². The van der Waals surface area contributed by atoms with E-state index >= 15 is 0 Å². The minimum atomic E-state index is -0.868. The average molecular weight is 391 g/mol. The number of aromatic nitrogens is 1. The smallest absolute Gasteiger partial charge is 0.407 e. The zero-order chi connectivity index (χ0) is 20.3. The van der Waals surface area contributed by atoms with Crippen LogP contribution in [0.2, 0.25) is 0 Å². The molecule has 28 heavy (non-hydrogen) atoms. The Morgan fingerprint density at radius 2 is 1.96 bits per heavy atom. The van der Waals surface area contributed by atoms with Crippen LogP contribution in [0.25, 0.3) is 0 Å². The van der Waals surface area contributed by atoms with Crippen molar-refractivity contribution in [3.63, 3.8) is 0 Å². The van der Waals surface area contributed by atoms with Crippen molar-refractivity contribution in [1.29, 1.82) is 0 Å². The Labute approximate surface area is 164 Å². The van der Waals surface area contributed by atoms with Crippen molar-refractivity contribution >= 4 is 17.8 Å². The Morgan fingerprint density at radius 1 is 1.25 bits per heavy atom. The van der Waals surface area contributed by atoms with Crippen LogP contribution >= 0.6 is 0 Å². The summed E-state index contributed by atoms with van der Waals surface area (Å²) in [4.78, 5) is 33.2. The van der Waals surface area contributed by atoms with Gasteiger partial charge in [-0.25, -0.2) is 9.78 Å². The molecule has 0 aliphatic carbocycles. The largest absolute Gasteiger partial charge is 0.465 e. The number of aliphatic hydroxyl groups is 1. The second kappa shape index (κ2) is 8.74. The minimum absolute atomic E-state index is 0.0338. The Bertz CT molecular complexity index is 690. The van der Waals surface area contributed by atoms with Crippen LogP contribution in [-0.4, -0.2) is 88.4 Å². The number of amides is 2. The average Bonchev–Trinajstić information content (AvgIpc) is 2.72. The number of nitrogens with zero attached hydrogens (tertiary/aromatic N) is 4. The summed E-state index contributed by atoms with van der Waals surface area (Å²) >= 11 is 0. The number of pyridine rings is 1. The molecule has 0 bridgehead atoms. The molecule has 3 rings (SSSR count). The van der Waals surface area contributed by atoms with Gasteiger partial charge in [-0.2, -0.15) is 0 Å². The van der Waals surface area contributed by atoms with Gasteiger partial charge in [-0.05, 0) is 37.8 Å². The van der Waals surface area contributed by atoms with Crippen LogP contribution < -0.4 is 10.6 Å². The van der Waals surface area contributed by atoms with E-state index in [0.29, 0.717) is 25.2 Å². The van der Waals surface area contributed by atoms with Gasteiger partial charge in [0.05, 0.1) is 18.2 Å². The first-order chi connectivity index (χ1) is 13.4. The molecule has 2 saturated heterocycles. The maximum absolute atomic E-state index is 11.7. The zero-order valence-electron chi connectivity index (χ0n) is 16.2. The number of piperidine rings is 1. The summed E-state index contributed by atoms with van der Waals surface area (Å²) < 4.78 is 0. The van der Waals surface area contributed by atoms with Crippen molar-refractivity contribution in [2.75, 3.05) is 44.2 Å². The van der Waals surface area contributed by atoms with E-state index in [-0.39, 0.29) is 24.6 Å². The summed E-state index contributed by atoms with van der Waals surface area (Å²) in [5.74, 6) is 0.578. The Balaban J connectivity index is 1.64. The van der Waals surface area contributed by atoms with Crippen LogP contribution in [-0.2, 0) is 0 Å². The number of anilines is 1. The summed E-state index contributed by atoms with van der Waals surface area (Å²) in [6.07, 6.45) is 2.36. The van der Waals surface area contributed by atoms with E-state index in [9.17, 15) is 19.8 Å². The fraction of sp³-hybridized carbons (Fsp3) is 0.632. The predicted octanol–water partition coefficient (Wildman–Crippen LogP) is 0.442. The van der Waals surface area contributed by atoms with Gasteiger partial charge in [-0.15, -0.1) is 0 Å². The third-order valence-electron chi connectivity index (χ3n) is 6.02. The SMILES string of the molecule is CC(CO)N1CCN(C(=O)O)[C@H](C2CCN(c3ccc(C(N)=O)cn3)CC2)C1. The molecule has 2 fully saturated rings. The minimum Gasteiger partial charge on any atom is -0.465 e. The number of hydrogen-bond acceptors (Lipinski definition) is 6. The number of carbonyl (C=O) groups is 2. The number of aliphatic hydroxyl groups excluding tert-OH is 1. The third-order valence-corrected chi connectivity index (χ3v) is 6.02. The monoisotopic (exact) mass is 391 g/mol. The third kappa shape index (κ3) is 4.36. The second-order valence-electron chi connectivity index (χ2n) is 7.66. The number of piperazine rings is 1. The highest BCUT2D eigenvalue weighted by Crippen LogP contribution is 2.29. The first kappa shape index (κ1) is 20.3. The predicted molar refractivity (Wildman–Crippen MR) is 104 cm³/mol. The Hall–Kier alpha value is -2.39. The Morgan fingerprint density at radius 3 is 2.50 bits per heavy atom. The van der Waals surface area contributed by atoms with Gasteiger partial charge in [-0.1, -0.05) is 0 Å². The fourth-order valence-electron chi connectivity index (χ4n) is 4.22. The van der Waals surface area contributed by atoms with Crippen molar-refractivity contribution in [3.8, 4) is 0 Å². The molecule has 2 amide bonds. The molecule has 9 nitrogen and oxygen atoms in total. The number of hydrogen-bond donors (Lipinski definition) is 3. The van der Waals surface area contributed by atoms with Gasteiger partial charge >= 0.3 is 6.09 Å². The maximum atomic E-state index is 11.7. The molecule has 1 unspecified atom stereocenters. The van der Waals surface area contributed by atoms with Crippen molar-refractivity contribution in [2.45, 2.75) is 31.8 Å². The molecule has 4 N–H and O–H groups in total. The van der Waals surface area contributed by atoms with E-state index in [1.807, 2.05) is 6.92 Å². The van der Waals surface area contributed by atoms with Gasteiger partial charge in [0.2, 0.25) is 5.91 Å². The quantitative estimate of drug-likeness (QED) is 0.665. The Kier molecular flexibility index (Phi) is 6.35. The summed E-state index contributed by atoms with van der Waals surface area (Å²) in [5, 5.41) is 19.1. The molecule has 0 spiro atoms. The van der Waals surface area contributed by atoms with Crippen LogP contribution in [0.1, 0.15) is 30.1 Å². The lowest BCUT2D eigenvalue weighted by Crippen LogP contribution is -2.60. The highest BCUT2D eigenvalue weighted by Gasteiger charge is 2.38. The molecule has 2 aliphatic heterocycles. The summed E-state index contributed by atoms with van der Waals surface area (Å²) in [5.41, 5.74) is 5.64. The van der Waals surface area contributed by atoms with Gasteiger partial charge in [0.1, 0.15) is 5.82 Å².